The highest BCUT2D eigenvalue weighted by atomic mass is 16.2. The Balaban J connectivity index is 2.67. The number of rotatable bonds is 6. The Kier molecular flexibility index (Phi) is 7.41. The molecule has 2 N–H and O–H groups in total. The maximum Gasteiger partial charge on any atom is 0.234 e. The Morgan fingerprint density at radius 2 is 2.15 bits per heavy atom. The average molecular weight is 274 g/mol. The van der Waals surface area contributed by atoms with Gasteiger partial charge in [0.15, 0.2) is 0 Å². The van der Waals surface area contributed by atoms with Gasteiger partial charge >= 0.3 is 0 Å². The van der Waals surface area contributed by atoms with E-state index in [1.165, 1.54) is 0 Å². The highest BCUT2D eigenvalue weighted by Crippen LogP contribution is 2.09. The summed E-state index contributed by atoms with van der Waals surface area (Å²) in [6.07, 6.45) is 0.475. The number of hydrogen-bond donors (Lipinski definition) is 2. The van der Waals surface area contributed by atoms with Crippen molar-refractivity contribution >= 4 is 5.91 Å². The van der Waals surface area contributed by atoms with Crippen LogP contribution in [0.3, 0.4) is 0 Å². The molecular formula is C16H22N2O2. The molecule has 1 rings (SSSR count). The van der Waals surface area contributed by atoms with Crippen molar-refractivity contribution in [3.63, 3.8) is 0 Å². The fourth-order valence-corrected chi connectivity index (χ4v) is 1.84. The predicted molar refractivity (Wildman–Crippen MR) is 80.0 cm³/mol. The van der Waals surface area contributed by atoms with Crippen LogP contribution in [0.4, 0.5) is 0 Å². The van der Waals surface area contributed by atoms with E-state index in [0.717, 1.165) is 11.1 Å². The molecule has 0 saturated carbocycles. The van der Waals surface area contributed by atoms with Gasteiger partial charge in [0.25, 0.3) is 0 Å². The molecule has 0 spiro atoms. The van der Waals surface area contributed by atoms with Crippen LogP contribution in [0.15, 0.2) is 24.3 Å². The van der Waals surface area contributed by atoms with E-state index in [2.05, 4.69) is 17.2 Å². The van der Waals surface area contributed by atoms with Crippen LogP contribution >= 0.6 is 0 Å². The van der Waals surface area contributed by atoms with Gasteiger partial charge in [-0.15, -0.1) is 0 Å². The zero-order valence-electron chi connectivity index (χ0n) is 12.1. The molecule has 108 valence electrons. The van der Waals surface area contributed by atoms with Crippen LogP contribution in [0, 0.1) is 11.8 Å². The lowest BCUT2D eigenvalue weighted by molar-refractivity contribution is -0.121. The number of aliphatic hydroxyl groups excluding tert-OH is 1. The third-order valence-electron chi connectivity index (χ3n) is 2.70. The van der Waals surface area contributed by atoms with Crippen LogP contribution in [0.2, 0.25) is 0 Å². The quantitative estimate of drug-likeness (QED) is 0.761. The fraction of sp³-hybridized carbons (Fsp3) is 0.438. The van der Waals surface area contributed by atoms with E-state index >= 15 is 0 Å². The number of nitrogens with one attached hydrogen (secondary N) is 1. The van der Waals surface area contributed by atoms with Gasteiger partial charge in [0, 0.05) is 25.1 Å². The maximum atomic E-state index is 11.5. The van der Waals surface area contributed by atoms with Gasteiger partial charge in [0.1, 0.15) is 0 Å². The first-order valence-electron chi connectivity index (χ1n) is 6.80. The van der Waals surface area contributed by atoms with E-state index in [4.69, 9.17) is 5.11 Å². The Morgan fingerprint density at radius 3 is 2.85 bits per heavy atom. The number of carbonyl (C=O) groups is 1. The van der Waals surface area contributed by atoms with Crippen molar-refractivity contribution in [3.05, 3.63) is 35.4 Å². The van der Waals surface area contributed by atoms with Crippen molar-refractivity contribution in [2.24, 2.45) is 0 Å². The minimum Gasteiger partial charge on any atom is -0.395 e. The fourth-order valence-electron chi connectivity index (χ4n) is 1.84. The molecule has 0 heterocycles. The highest BCUT2D eigenvalue weighted by molar-refractivity contribution is 5.77. The molecule has 0 saturated heterocycles. The molecule has 1 aromatic rings. The molecule has 0 aliphatic heterocycles. The van der Waals surface area contributed by atoms with Crippen LogP contribution in [-0.4, -0.2) is 42.7 Å². The van der Waals surface area contributed by atoms with E-state index in [9.17, 15) is 4.79 Å². The average Bonchev–Trinajstić information content (AvgIpc) is 2.41. The van der Waals surface area contributed by atoms with Crippen molar-refractivity contribution in [2.45, 2.75) is 19.9 Å². The first-order chi connectivity index (χ1) is 9.67. The van der Waals surface area contributed by atoms with Crippen molar-refractivity contribution < 1.29 is 9.90 Å². The molecule has 0 unspecified atom stereocenters. The van der Waals surface area contributed by atoms with E-state index in [0.29, 0.717) is 26.1 Å². The topological polar surface area (TPSA) is 52.6 Å². The number of hydrogen-bond acceptors (Lipinski definition) is 3. The molecule has 0 radical (unpaired) electrons. The van der Waals surface area contributed by atoms with Crippen LogP contribution in [0.1, 0.15) is 24.5 Å². The third kappa shape index (κ3) is 5.87. The summed E-state index contributed by atoms with van der Waals surface area (Å²) in [7, 11) is 1.91. The SMILES string of the molecule is CCNC(=O)CN(C)Cc1ccccc1C#CCCO. The molecule has 1 aromatic carbocycles. The van der Waals surface area contributed by atoms with Crippen LogP contribution in [0.5, 0.6) is 0 Å². The summed E-state index contributed by atoms with van der Waals surface area (Å²) in [5.41, 5.74) is 2.04. The number of aliphatic hydroxyl groups is 1. The van der Waals surface area contributed by atoms with Gasteiger partial charge in [-0.05, 0) is 25.6 Å². The van der Waals surface area contributed by atoms with Crippen LogP contribution in [-0.2, 0) is 11.3 Å². The second-order valence-corrected chi connectivity index (χ2v) is 4.56. The summed E-state index contributed by atoms with van der Waals surface area (Å²) in [6.45, 7) is 3.67. The monoisotopic (exact) mass is 274 g/mol. The minimum absolute atomic E-state index is 0.0267. The molecule has 4 nitrogen and oxygen atoms in total. The molecule has 0 bridgehead atoms. The molecule has 0 aliphatic carbocycles. The minimum atomic E-state index is 0.0267. The summed E-state index contributed by atoms with van der Waals surface area (Å²) >= 11 is 0. The van der Waals surface area contributed by atoms with Crippen molar-refractivity contribution in [1.29, 1.82) is 0 Å². The number of nitrogens with zero attached hydrogens (tertiary/aromatic N) is 1. The Labute approximate surface area is 120 Å². The maximum absolute atomic E-state index is 11.5. The lowest BCUT2D eigenvalue weighted by Gasteiger charge is -2.17. The van der Waals surface area contributed by atoms with Gasteiger partial charge in [-0.1, -0.05) is 30.0 Å². The van der Waals surface area contributed by atoms with Gasteiger partial charge in [0.2, 0.25) is 5.91 Å². The Hall–Kier alpha value is -1.83. The second-order valence-electron chi connectivity index (χ2n) is 4.56. The van der Waals surface area contributed by atoms with Gasteiger partial charge < -0.3 is 10.4 Å². The normalized spacial score (nSPS) is 10.0. The van der Waals surface area contributed by atoms with Crippen molar-refractivity contribution in [1.82, 2.24) is 10.2 Å². The molecule has 1 amide bonds. The smallest absolute Gasteiger partial charge is 0.234 e. The largest absolute Gasteiger partial charge is 0.395 e. The molecular weight excluding hydrogens is 252 g/mol. The summed E-state index contributed by atoms with van der Waals surface area (Å²) < 4.78 is 0. The Morgan fingerprint density at radius 1 is 1.40 bits per heavy atom. The van der Waals surface area contributed by atoms with Gasteiger partial charge in [-0.2, -0.15) is 0 Å². The zero-order chi connectivity index (χ0) is 14.8. The summed E-state index contributed by atoms with van der Waals surface area (Å²) in [5.74, 6) is 6.02. The van der Waals surface area contributed by atoms with E-state index in [1.807, 2.05) is 43.1 Å². The van der Waals surface area contributed by atoms with Gasteiger partial charge in [-0.25, -0.2) is 0 Å². The molecule has 0 fully saturated rings. The molecule has 20 heavy (non-hydrogen) atoms. The number of amides is 1. The summed E-state index contributed by atoms with van der Waals surface area (Å²) in [6, 6.07) is 7.87. The lowest BCUT2D eigenvalue weighted by Crippen LogP contribution is -2.34. The lowest BCUT2D eigenvalue weighted by atomic mass is 10.1. The van der Waals surface area contributed by atoms with Crippen molar-refractivity contribution in [3.8, 4) is 11.8 Å². The molecule has 0 aromatic heterocycles. The first kappa shape index (κ1) is 16.2. The standard InChI is InChI=1S/C16H22N2O2/c1-3-17-16(20)13-18(2)12-15-10-5-4-8-14(15)9-6-7-11-19/h4-5,8,10,19H,3,7,11-13H2,1-2H3,(H,17,20). The van der Waals surface area contributed by atoms with Crippen molar-refractivity contribution in [2.75, 3.05) is 26.7 Å². The summed E-state index contributed by atoms with van der Waals surface area (Å²) in [5, 5.41) is 11.5. The van der Waals surface area contributed by atoms with E-state index in [-0.39, 0.29) is 12.5 Å². The molecule has 4 heteroatoms. The highest BCUT2D eigenvalue weighted by Gasteiger charge is 2.07. The van der Waals surface area contributed by atoms with Crippen LogP contribution in [0.25, 0.3) is 0 Å². The molecule has 0 atom stereocenters. The van der Waals surface area contributed by atoms with E-state index < -0.39 is 0 Å². The number of likely N-dealkylation sites (N-methyl/N-ethyl adjacent to an activating group) is 2. The summed E-state index contributed by atoms with van der Waals surface area (Å²) in [4.78, 5) is 13.5. The zero-order valence-corrected chi connectivity index (χ0v) is 12.1. The van der Waals surface area contributed by atoms with E-state index in [1.54, 1.807) is 0 Å². The predicted octanol–water partition coefficient (Wildman–Crippen LogP) is 0.988. The second kappa shape index (κ2) is 9.13. The Bertz CT molecular complexity index is 489. The van der Waals surface area contributed by atoms with Gasteiger partial charge in [-0.3, -0.25) is 9.69 Å². The number of benzene rings is 1. The third-order valence-corrected chi connectivity index (χ3v) is 2.70. The molecule has 0 aliphatic rings. The van der Waals surface area contributed by atoms with Crippen LogP contribution < -0.4 is 5.32 Å². The van der Waals surface area contributed by atoms with Gasteiger partial charge in [0.05, 0.1) is 13.2 Å². The first-order valence-corrected chi connectivity index (χ1v) is 6.80. The number of carbonyl (C=O) groups excluding carboxylic acids is 1.